The zero-order chi connectivity index (χ0) is 12.8. The highest BCUT2D eigenvalue weighted by Gasteiger charge is 2.37. The highest BCUT2D eigenvalue weighted by atomic mass is 16.3. The molecule has 0 saturated heterocycles. The van der Waals surface area contributed by atoms with Gasteiger partial charge in [-0.25, -0.2) is 0 Å². The van der Waals surface area contributed by atoms with Gasteiger partial charge in [0.15, 0.2) is 11.5 Å². The fraction of sp³-hybridized carbons (Fsp3) is 0.0769. The fourth-order valence-corrected chi connectivity index (χ4v) is 2.35. The van der Waals surface area contributed by atoms with Crippen LogP contribution in [-0.2, 0) is 0 Å². The van der Waals surface area contributed by atoms with Crippen molar-refractivity contribution in [2.75, 3.05) is 0 Å². The molecule has 6 heteroatoms. The van der Waals surface area contributed by atoms with Gasteiger partial charge in [-0.15, -0.1) is 0 Å². The molecule has 0 spiro atoms. The van der Waals surface area contributed by atoms with E-state index in [4.69, 9.17) is 8.83 Å². The van der Waals surface area contributed by atoms with Crippen molar-refractivity contribution < 1.29 is 13.6 Å². The summed E-state index contributed by atoms with van der Waals surface area (Å²) in [4.78, 5) is 11.9. The molecule has 4 heterocycles. The quantitative estimate of drug-likeness (QED) is 0.734. The van der Waals surface area contributed by atoms with Crippen LogP contribution in [0.25, 0.3) is 11.5 Å². The summed E-state index contributed by atoms with van der Waals surface area (Å²) < 4.78 is 10.7. The van der Waals surface area contributed by atoms with Crippen molar-refractivity contribution in [2.24, 2.45) is 0 Å². The number of hydrogen-bond donors (Lipinski definition) is 2. The lowest BCUT2D eigenvalue weighted by molar-refractivity contribution is 0.0953. The van der Waals surface area contributed by atoms with Crippen molar-refractivity contribution in [1.82, 2.24) is 15.5 Å². The van der Waals surface area contributed by atoms with Gasteiger partial charge in [0, 0.05) is 5.56 Å². The molecule has 0 aromatic carbocycles. The molecule has 0 unspecified atom stereocenters. The number of nitrogens with zero attached hydrogens (tertiary/aromatic N) is 1. The maximum Gasteiger partial charge on any atom is 0.273 e. The minimum Gasteiger partial charge on any atom is -0.467 e. The van der Waals surface area contributed by atoms with Crippen LogP contribution < -0.4 is 5.32 Å². The maximum atomic E-state index is 11.9. The zero-order valence-electron chi connectivity index (χ0n) is 9.71. The monoisotopic (exact) mass is 255 g/mol. The number of nitrogens with one attached hydrogen (secondary N) is 2. The van der Waals surface area contributed by atoms with E-state index in [2.05, 4.69) is 15.5 Å². The lowest BCUT2D eigenvalue weighted by atomic mass is 10.0. The molecule has 0 aliphatic carbocycles. The van der Waals surface area contributed by atoms with Crippen LogP contribution in [0.1, 0.15) is 27.9 Å². The van der Waals surface area contributed by atoms with Gasteiger partial charge in [-0.05, 0) is 24.3 Å². The van der Waals surface area contributed by atoms with Crippen LogP contribution >= 0.6 is 0 Å². The molecule has 4 rings (SSSR count). The molecule has 0 bridgehead atoms. The summed E-state index contributed by atoms with van der Waals surface area (Å²) in [5.74, 6) is 1.09. The SMILES string of the molecule is O=C1N[C@H](c2ccco2)c2c1n[nH]c2-c1ccco1. The molecule has 1 atom stereocenters. The Bertz CT molecular complexity index is 725. The van der Waals surface area contributed by atoms with E-state index in [1.54, 1.807) is 24.7 Å². The van der Waals surface area contributed by atoms with E-state index in [1.165, 1.54) is 0 Å². The number of carbonyl (C=O) groups is 1. The first-order chi connectivity index (χ1) is 9.34. The Labute approximate surface area is 107 Å². The van der Waals surface area contributed by atoms with Gasteiger partial charge in [0.05, 0.1) is 12.5 Å². The van der Waals surface area contributed by atoms with Gasteiger partial charge in [-0.1, -0.05) is 0 Å². The van der Waals surface area contributed by atoms with Gasteiger partial charge in [0.25, 0.3) is 5.91 Å². The predicted octanol–water partition coefficient (Wildman–Crippen LogP) is 2.10. The third kappa shape index (κ3) is 1.36. The van der Waals surface area contributed by atoms with Gasteiger partial charge >= 0.3 is 0 Å². The summed E-state index contributed by atoms with van der Waals surface area (Å²) in [7, 11) is 0. The third-order valence-electron chi connectivity index (χ3n) is 3.18. The van der Waals surface area contributed by atoms with Crippen LogP contribution in [0, 0.1) is 0 Å². The molecule has 1 aliphatic rings. The molecule has 0 fully saturated rings. The van der Waals surface area contributed by atoms with Crippen LogP contribution in [0.5, 0.6) is 0 Å². The molecule has 2 N–H and O–H groups in total. The maximum absolute atomic E-state index is 11.9. The smallest absolute Gasteiger partial charge is 0.273 e. The largest absolute Gasteiger partial charge is 0.467 e. The summed E-state index contributed by atoms with van der Waals surface area (Å²) in [6, 6.07) is 6.87. The molecular weight excluding hydrogens is 246 g/mol. The number of carbonyl (C=O) groups excluding carboxylic acids is 1. The lowest BCUT2D eigenvalue weighted by Gasteiger charge is -2.08. The van der Waals surface area contributed by atoms with Crippen molar-refractivity contribution in [2.45, 2.75) is 6.04 Å². The van der Waals surface area contributed by atoms with Gasteiger partial charge < -0.3 is 14.2 Å². The minimum absolute atomic E-state index is 0.217. The number of fused-ring (bicyclic) bond motifs is 1. The van der Waals surface area contributed by atoms with E-state index in [9.17, 15) is 4.79 Å². The number of hydrogen-bond acceptors (Lipinski definition) is 4. The summed E-state index contributed by atoms with van der Waals surface area (Å²) in [5, 5.41) is 9.76. The molecule has 0 saturated carbocycles. The molecular formula is C13H9N3O3. The Kier molecular flexibility index (Phi) is 1.94. The van der Waals surface area contributed by atoms with Crippen molar-refractivity contribution in [3.8, 4) is 11.5 Å². The fourth-order valence-electron chi connectivity index (χ4n) is 2.35. The number of rotatable bonds is 2. The molecule has 1 amide bonds. The zero-order valence-corrected chi connectivity index (χ0v) is 9.71. The summed E-state index contributed by atoms with van der Waals surface area (Å²) in [6.45, 7) is 0. The van der Waals surface area contributed by atoms with E-state index in [0.29, 0.717) is 22.9 Å². The Morgan fingerprint density at radius 3 is 2.74 bits per heavy atom. The molecule has 1 aliphatic heterocycles. The summed E-state index contributed by atoms with van der Waals surface area (Å²) >= 11 is 0. The van der Waals surface area contributed by atoms with Crippen molar-refractivity contribution >= 4 is 5.91 Å². The standard InChI is InChI=1S/C13H9N3O3/c17-13-12-9(10(14-13)7-3-1-5-18-7)11(15-16-12)8-4-2-6-19-8/h1-6,10H,(H,14,17)(H,15,16)/t10-/m1/s1. The Balaban J connectivity index is 1.91. The van der Waals surface area contributed by atoms with E-state index in [0.717, 1.165) is 5.56 Å². The number of aromatic nitrogens is 2. The van der Waals surface area contributed by atoms with Crippen LogP contribution in [0.4, 0.5) is 0 Å². The predicted molar refractivity (Wildman–Crippen MR) is 64.3 cm³/mol. The second-order valence-electron chi connectivity index (χ2n) is 4.26. The topological polar surface area (TPSA) is 84.1 Å². The third-order valence-corrected chi connectivity index (χ3v) is 3.18. The number of furan rings is 2. The molecule has 19 heavy (non-hydrogen) atoms. The molecule has 3 aromatic rings. The van der Waals surface area contributed by atoms with Gasteiger partial charge in [-0.2, -0.15) is 5.10 Å². The normalized spacial score (nSPS) is 17.5. The second kappa shape index (κ2) is 3.61. The van der Waals surface area contributed by atoms with Crippen molar-refractivity contribution in [3.05, 3.63) is 53.8 Å². The Morgan fingerprint density at radius 1 is 1.16 bits per heavy atom. The van der Waals surface area contributed by atoms with Gasteiger partial charge in [-0.3, -0.25) is 9.89 Å². The van der Waals surface area contributed by atoms with Crippen molar-refractivity contribution in [3.63, 3.8) is 0 Å². The second-order valence-corrected chi connectivity index (χ2v) is 4.26. The summed E-state index contributed by atoms with van der Waals surface area (Å²) in [5.41, 5.74) is 1.84. The number of H-pyrrole nitrogens is 1. The average Bonchev–Trinajstić information content (AvgIpc) is 3.16. The van der Waals surface area contributed by atoms with Crippen molar-refractivity contribution in [1.29, 1.82) is 0 Å². The van der Waals surface area contributed by atoms with Gasteiger partial charge in [0.1, 0.15) is 17.5 Å². The number of amides is 1. The number of aromatic amines is 1. The van der Waals surface area contributed by atoms with Crippen LogP contribution in [0.3, 0.4) is 0 Å². The van der Waals surface area contributed by atoms with E-state index < -0.39 is 0 Å². The average molecular weight is 255 g/mol. The highest BCUT2D eigenvalue weighted by molar-refractivity contribution is 5.99. The molecule has 3 aromatic heterocycles. The Hall–Kier alpha value is -2.76. The van der Waals surface area contributed by atoms with E-state index in [-0.39, 0.29) is 11.9 Å². The first-order valence-corrected chi connectivity index (χ1v) is 5.81. The molecule has 0 radical (unpaired) electrons. The summed E-state index contributed by atoms with van der Waals surface area (Å²) in [6.07, 6.45) is 3.15. The lowest BCUT2D eigenvalue weighted by Crippen LogP contribution is -2.20. The van der Waals surface area contributed by atoms with Gasteiger partial charge in [0.2, 0.25) is 0 Å². The first-order valence-electron chi connectivity index (χ1n) is 5.81. The highest BCUT2D eigenvalue weighted by Crippen LogP contribution is 2.37. The Morgan fingerprint density at radius 2 is 2.00 bits per heavy atom. The van der Waals surface area contributed by atoms with E-state index in [1.807, 2.05) is 12.1 Å². The van der Waals surface area contributed by atoms with Crippen LogP contribution in [0.15, 0.2) is 45.6 Å². The minimum atomic E-state index is -0.337. The van der Waals surface area contributed by atoms with E-state index >= 15 is 0 Å². The van der Waals surface area contributed by atoms with Crippen LogP contribution in [-0.4, -0.2) is 16.1 Å². The molecule has 94 valence electrons. The first kappa shape index (κ1) is 10.2. The van der Waals surface area contributed by atoms with Crippen LogP contribution in [0.2, 0.25) is 0 Å². The molecule has 6 nitrogen and oxygen atoms in total.